The molecule has 107 heavy (non-hydrogen) atoms. The van der Waals surface area contributed by atoms with Crippen molar-refractivity contribution in [3.05, 3.63) is 146 Å². The summed E-state index contributed by atoms with van der Waals surface area (Å²) in [5, 5.41) is 33.7. The Balaban J connectivity index is 0.000000151. The summed E-state index contributed by atoms with van der Waals surface area (Å²) in [7, 11) is -10.8. The molecule has 3 atom stereocenters. The summed E-state index contributed by atoms with van der Waals surface area (Å²) < 4.78 is 120. The molecule has 0 fully saturated rings. The van der Waals surface area contributed by atoms with E-state index in [9.17, 15) is 55.0 Å². The summed E-state index contributed by atoms with van der Waals surface area (Å²) in [4.78, 5) is 38.1. The molecular weight excluding hydrogens is 1430 g/mol. The van der Waals surface area contributed by atoms with Crippen molar-refractivity contribution < 1.29 is 78.6 Å². The highest BCUT2D eigenvalue weighted by atomic mass is 32.2. The number of ether oxygens (including phenoxy) is 5. The fraction of sp³-hybridized carbons (Fsp3) is 0.444. The number of hydrogen-bond acceptors (Lipinski definition) is 14. The maximum absolute atomic E-state index is 13.0. The van der Waals surface area contributed by atoms with E-state index >= 15 is 0 Å². The molecule has 3 aromatic heterocycles. The normalized spacial score (nSPS) is 16.7. The zero-order valence-electron chi connectivity index (χ0n) is 64.2. The van der Waals surface area contributed by atoms with Crippen molar-refractivity contribution in [3.63, 3.8) is 0 Å². The van der Waals surface area contributed by atoms with E-state index in [0.717, 1.165) is 142 Å². The van der Waals surface area contributed by atoms with Crippen LogP contribution < -0.4 is 23.2 Å². The molecule has 8 heterocycles. The zero-order valence-corrected chi connectivity index (χ0v) is 66.7. The van der Waals surface area contributed by atoms with E-state index in [0.29, 0.717) is 83.3 Å². The molecule has 0 saturated carbocycles. The number of anilines is 3. The monoisotopic (exact) mass is 1520 g/mol. The average molecular weight is 1520 g/mol. The van der Waals surface area contributed by atoms with Gasteiger partial charge < -0.3 is 52.7 Å². The number of aromatic nitrogens is 3. The molecule has 572 valence electrons. The number of carbonyl (C=O) groups is 3. The predicted molar refractivity (Wildman–Crippen MR) is 418 cm³/mol. The quantitative estimate of drug-likeness (QED) is 0.0716. The molecule has 0 spiro atoms. The lowest BCUT2D eigenvalue weighted by molar-refractivity contribution is -0.161. The summed E-state index contributed by atoms with van der Waals surface area (Å²) in [6.45, 7) is 34.5. The molecule has 0 radical (unpaired) electrons. The second kappa shape index (κ2) is 28.3. The van der Waals surface area contributed by atoms with E-state index in [1.54, 1.807) is 13.8 Å². The second-order valence-corrected chi connectivity index (χ2v) is 37.4. The van der Waals surface area contributed by atoms with Gasteiger partial charge in [-0.2, -0.15) is 0 Å². The minimum absolute atomic E-state index is 0.0552. The lowest BCUT2D eigenvalue weighted by Crippen LogP contribution is -2.37. The second-order valence-electron chi connectivity index (χ2n) is 31.9. The largest absolute Gasteiger partial charge is 0.493 e. The highest BCUT2D eigenvalue weighted by molar-refractivity contribution is 7.93. The number of sulfonamides is 3. The van der Waals surface area contributed by atoms with E-state index in [4.69, 9.17) is 23.7 Å². The first-order valence-electron chi connectivity index (χ1n) is 36.1. The lowest BCUT2D eigenvalue weighted by Gasteiger charge is -2.35. The number of carboxylic acids is 3. The minimum atomic E-state index is -3.61. The van der Waals surface area contributed by atoms with Crippen LogP contribution in [0.5, 0.6) is 11.5 Å². The number of benzene rings is 6. The topological polar surface area (TPSA) is 303 Å². The standard InChI is InChI=1S/C29H36N2O6S.C27H32N2O6S.C25H30N2O5S/c1-16-15-30-12-13-31(38(7,34)35)25-18(3)23(27(28(32)33)37-29(4,5)6)24(22(16)26(25)30)20-10-11-21-19(17(20)2)9-8-14-36-21;1-15-14-29-10-12-36(32,33)28-23-16(2)21(25(26(30)31)35-27(3,4)5)22(20(15)24(23)29)18-8-9-19-17(13-18)7-6-11-34-19;1-14-7-9-17(10-8-14)20-18-15(2)13-27-11-12-33(30,31)26-21(22(18)27)16(3)19(20)23(24(28)29)32-25(4,5)6/h10-11,15,27H,8-9,12-14H2,1-7H3,(H,32,33);8-9,13-14,25,28H,6-7,10-12H2,1-5H3,(H,30,31);7-10,13,23,26H,11-12H2,1-6H3,(H,28,29). The van der Waals surface area contributed by atoms with Gasteiger partial charge in [-0.05, 0) is 245 Å². The van der Waals surface area contributed by atoms with Crippen LogP contribution in [0.4, 0.5) is 17.1 Å². The van der Waals surface area contributed by atoms with E-state index in [1.807, 2.05) is 173 Å². The third-order valence-corrected chi connectivity index (χ3v) is 24.0. The molecule has 6 aromatic carbocycles. The fourth-order valence-corrected chi connectivity index (χ4v) is 19.2. The Morgan fingerprint density at radius 1 is 0.505 bits per heavy atom. The zero-order chi connectivity index (χ0) is 78.0. The molecule has 0 bridgehead atoms. The number of hydrogen-bond donors (Lipinski definition) is 5. The third kappa shape index (κ3) is 15.1. The van der Waals surface area contributed by atoms with Crippen LogP contribution in [0.2, 0.25) is 0 Å². The molecule has 5 aliphatic heterocycles. The molecular formula is C81H98N6O17S3. The summed E-state index contributed by atoms with van der Waals surface area (Å²) in [5.41, 5.74) is 16.7. The van der Waals surface area contributed by atoms with Crippen LogP contribution in [0, 0.1) is 55.4 Å². The number of carboxylic acid groups (broad SMARTS) is 3. The molecule has 5 N–H and O–H groups in total. The Bertz CT molecular complexity index is 5510. The van der Waals surface area contributed by atoms with Gasteiger partial charge in [0, 0.05) is 71.1 Å². The molecule has 23 nitrogen and oxygen atoms in total. The first-order valence-corrected chi connectivity index (χ1v) is 41.3. The van der Waals surface area contributed by atoms with Crippen LogP contribution >= 0.6 is 0 Å². The third-order valence-electron chi connectivity index (χ3n) is 20.4. The minimum Gasteiger partial charge on any atom is -0.493 e. The fourth-order valence-electron chi connectivity index (χ4n) is 16.0. The Kier molecular flexibility index (Phi) is 20.5. The first kappa shape index (κ1) is 77.7. The SMILES string of the molecule is Cc1c(-c2c(C(OC(C)(C)C)C(=O)O)c(C)c3c4c2c(C)cn4CCN3S(C)(=O)=O)ccc2c1CCCO2.Cc1c(C(OC(C)(C)C)C(=O)O)c(-c2ccc3c(c2)CCCO3)c2c(C)cn3c2c1NS(=O)(=O)CC3.Cc1ccc(-c2c(C(OC(C)(C)C)C(=O)O)c(C)c3c4c2c(C)cn4CCS(=O)(=O)N3)cc1. The van der Waals surface area contributed by atoms with E-state index in [2.05, 4.69) is 27.0 Å². The molecule has 0 saturated heterocycles. The number of nitrogens with one attached hydrogen (secondary N) is 2. The van der Waals surface area contributed by atoms with Gasteiger partial charge in [-0.25, -0.2) is 39.6 Å². The maximum atomic E-state index is 13.0. The van der Waals surface area contributed by atoms with Crippen LogP contribution in [-0.4, -0.2) is 127 Å². The number of nitrogens with zero attached hydrogens (tertiary/aromatic N) is 4. The molecule has 9 aromatic rings. The highest BCUT2D eigenvalue weighted by Gasteiger charge is 2.42. The van der Waals surface area contributed by atoms with Gasteiger partial charge in [0.2, 0.25) is 30.1 Å². The molecule has 14 rings (SSSR count). The number of rotatable bonds is 13. The molecule has 3 unspecified atom stereocenters. The van der Waals surface area contributed by atoms with Crippen molar-refractivity contribution >= 4 is 97.7 Å². The van der Waals surface area contributed by atoms with E-state index in [1.165, 1.54) is 10.6 Å². The van der Waals surface area contributed by atoms with Crippen molar-refractivity contribution in [2.24, 2.45) is 0 Å². The Morgan fingerprint density at radius 3 is 1.37 bits per heavy atom. The van der Waals surface area contributed by atoms with Crippen molar-refractivity contribution in [3.8, 4) is 44.9 Å². The summed E-state index contributed by atoms with van der Waals surface area (Å²) >= 11 is 0. The maximum Gasteiger partial charge on any atom is 0.337 e. The number of aryl methyl sites for hydroxylation is 7. The number of fused-ring (bicyclic) bond motifs is 2. The van der Waals surface area contributed by atoms with Gasteiger partial charge in [0.05, 0.1) is 87.9 Å². The van der Waals surface area contributed by atoms with Crippen LogP contribution in [-0.2, 0) is 91.1 Å². The van der Waals surface area contributed by atoms with Crippen molar-refractivity contribution in [1.29, 1.82) is 0 Å². The molecule has 0 aliphatic carbocycles. The van der Waals surface area contributed by atoms with Crippen LogP contribution in [0.1, 0.15) is 166 Å². The van der Waals surface area contributed by atoms with Crippen LogP contribution in [0.25, 0.3) is 66.1 Å². The lowest BCUT2D eigenvalue weighted by atomic mass is 9.83. The van der Waals surface area contributed by atoms with Crippen LogP contribution in [0.3, 0.4) is 0 Å². The van der Waals surface area contributed by atoms with Gasteiger partial charge >= 0.3 is 17.9 Å². The summed E-state index contributed by atoms with van der Waals surface area (Å²) in [6, 6.07) is 17.9. The average Bonchev–Trinajstić information content (AvgIpc) is 1.64. The smallest absolute Gasteiger partial charge is 0.337 e. The first-order chi connectivity index (χ1) is 49.9. The van der Waals surface area contributed by atoms with Crippen molar-refractivity contribution in [2.75, 3.05) is 51.3 Å². The van der Waals surface area contributed by atoms with Gasteiger partial charge in [0.15, 0.2) is 18.3 Å². The summed E-state index contributed by atoms with van der Waals surface area (Å²) in [5.74, 6) is -1.78. The van der Waals surface area contributed by atoms with Gasteiger partial charge in [-0.1, -0.05) is 42.0 Å². The Morgan fingerprint density at radius 2 is 0.916 bits per heavy atom. The van der Waals surface area contributed by atoms with Gasteiger partial charge in [-0.3, -0.25) is 13.7 Å². The van der Waals surface area contributed by atoms with Gasteiger partial charge in [0.1, 0.15) is 11.5 Å². The molecule has 0 amide bonds. The Labute approximate surface area is 626 Å². The Hall–Kier alpha value is -8.92. The predicted octanol–water partition coefficient (Wildman–Crippen LogP) is 15.2. The summed E-state index contributed by atoms with van der Waals surface area (Å²) in [6.07, 6.45) is 6.84. The van der Waals surface area contributed by atoms with Crippen LogP contribution in [0.15, 0.2) is 73.2 Å². The number of aliphatic carboxylic acids is 3. The van der Waals surface area contributed by atoms with Gasteiger partial charge in [0.25, 0.3) is 0 Å². The molecule has 5 aliphatic rings. The van der Waals surface area contributed by atoms with Crippen molar-refractivity contribution in [1.82, 2.24) is 13.7 Å². The van der Waals surface area contributed by atoms with Crippen molar-refractivity contribution in [2.45, 2.75) is 198 Å². The highest BCUT2D eigenvalue weighted by Crippen LogP contribution is 2.53. The molecule has 26 heteroatoms. The van der Waals surface area contributed by atoms with Gasteiger partial charge in [-0.15, -0.1) is 0 Å². The van der Waals surface area contributed by atoms with E-state index in [-0.39, 0.29) is 18.1 Å². The van der Waals surface area contributed by atoms with E-state index < -0.39 is 83.1 Å².